The van der Waals surface area contributed by atoms with Crippen molar-refractivity contribution in [1.82, 2.24) is 29.7 Å². The van der Waals surface area contributed by atoms with Gasteiger partial charge in [0.2, 0.25) is 17.1 Å². The average molecular weight is 398 g/mol. The third-order valence-corrected chi connectivity index (χ3v) is 5.10. The molecule has 0 radical (unpaired) electrons. The zero-order chi connectivity index (χ0) is 19.3. The van der Waals surface area contributed by atoms with Crippen LogP contribution in [-0.2, 0) is 10.5 Å². The van der Waals surface area contributed by atoms with Gasteiger partial charge in [0.15, 0.2) is 0 Å². The fraction of sp³-hybridized carbons (Fsp3) is 0.389. The molecular formula is C18H22N8OS. The summed E-state index contributed by atoms with van der Waals surface area (Å²) < 4.78 is 7.03. The van der Waals surface area contributed by atoms with E-state index in [-0.39, 0.29) is 0 Å². The number of nitrogens with zero attached hydrogens (tertiary/aromatic N) is 8. The summed E-state index contributed by atoms with van der Waals surface area (Å²) in [5.74, 6) is 2.48. The van der Waals surface area contributed by atoms with Gasteiger partial charge in [-0.2, -0.15) is 19.6 Å². The van der Waals surface area contributed by atoms with Crippen LogP contribution in [0.1, 0.15) is 5.56 Å². The van der Waals surface area contributed by atoms with Crippen molar-refractivity contribution in [2.24, 2.45) is 0 Å². The Hall–Kier alpha value is -2.72. The maximum absolute atomic E-state index is 5.43. The molecule has 0 N–H and O–H groups in total. The van der Waals surface area contributed by atoms with E-state index in [0.29, 0.717) is 36.2 Å². The van der Waals surface area contributed by atoms with Crippen molar-refractivity contribution >= 4 is 23.7 Å². The first-order chi connectivity index (χ1) is 13.7. The summed E-state index contributed by atoms with van der Waals surface area (Å²) >= 11 is 1.58. The molecule has 1 aromatic carbocycles. The van der Waals surface area contributed by atoms with Crippen LogP contribution in [0.3, 0.4) is 0 Å². The highest BCUT2D eigenvalue weighted by Gasteiger charge is 2.18. The van der Waals surface area contributed by atoms with Gasteiger partial charge < -0.3 is 14.5 Å². The first kappa shape index (κ1) is 18.6. The van der Waals surface area contributed by atoms with E-state index >= 15 is 0 Å². The lowest BCUT2D eigenvalue weighted by Gasteiger charge is -2.27. The molecule has 2 aromatic heterocycles. The number of hydrogen-bond acceptors (Lipinski definition) is 9. The Morgan fingerprint density at radius 3 is 2.54 bits per heavy atom. The van der Waals surface area contributed by atoms with Gasteiger partial charge in [0.05, 0.1) is 13.2 Å². The van der Waals surface area contributed by atoms with Crippen molar-refractivity contribution in [3.63, 3.8) is 0 Å². The lowest BCUT2D eigenvalue weighted by Crippen LogP contribution is -2.38. The van der Waals surface area contributed by atoms with Crippen LogP contribution >= 0.6 is 11.8 Å². The van der Waals surface area contributed by atoms with E-state index in [2.05, 4.69) is 42.1 Å². The van der Waals surface area contributed by atoms with Gasteiger partial charge in [0.1, 0.15) is 6.33 Å². The molecule has 0 atom stereocenters. The molecule has 9 nitrogen and oxygen atoms in total. The summed E-state index contributed by atoms with van der Waals surface area (Å²) in [6.07, 6.45) is 1.64. The topological polar surface area (TPSA) is 85.1 Å². The second kappa shape index (κ2) is 8.53. The maximum atomic E-state index is 5.43. The van der Waals surface area contributed by atoms with Crippen molar-refractivity contribution in [3.05, 3.63) is 42.2 Å². The van der Waals surface area contributed by atoms with Gasteiger partial charge in [-0.3, -0.25) is 0 Å². The highest BCUT2D eigenvalue weighted by atomic mass is 32.2. The van der Waals surface area contributed by atoms with Crippen LogP contribution in [0.5, 0.6) is 0 Å². The summed E-state index contributed by atoms with van der Waals surface area (Å²) in [6, 6.07) is 10.3. The summed E-state index contributed by atoms with van der Waals surface area (Å²) in [5.41, 5.74) is 1.23. The fourth-order valence-corrected chi connectivity index (χ4v) is 3.44. The Morgan fingerprint density at radius 2 is 1.79 bits per heavy atom. The van der Waals surface area contributed by atoms with E-state index in [1.165, 1.54) is 5.56 Å². The molecule has 0 amide bonds. The lowest BCUT2D eigenvalue weighted by atomic mass is 10.2. The van der Waals surface area contributed by atoms with Crippen LogP contribution in [0, 0.1) is 0 Å². The van der Waals surface area contributed by atoms with Gasteiger partial charge in [0, 0.05) is 32.9 Å². The van der Waals surface area contributed by atoms with Crippen molar-refractivity contribution in [3.8, 4) is 5.95 Å². The van der Waals surface area contributed by atoms with Crippen LogP contribution in [0.25, 0.3) is 5.95 Å². The van der Waals surface area contributed by atoms with Crippen LogP contribution < -0.4 is 9.80 Å². The first-order valence-electron chi connectivity index (χ1n) is 9.04. The number of morpholine rings is 1. The van der Waals surface area contributed by atoms with Gasteiger partial charge in [-0.05, 0) is 5.56 Å². The van der Waals surface area contributed by atoms with Gasteiger partial charge in [-0.1, -0.05) is 42.1 Å². The minimum Gasteiger partial charge on any atom is -0.378 e. The Kier molecular flexibility index (Phi) is 5.68. The maximum Gasteiger partial charge on any atom is 0.258 e. The minimum atomic E-state index is 0.458. The number of benzene rings is 1. The van der Waals surface area contributed by atoms with Crippen molar-refractivity contribution < 1.29 is 4.74 Å². The van der Waals surface area contributed by atoms with Crippen LogP contribution in [0.4, 0.5) is 11.9 Å². The molecule has 1 aliphatic rings. The van der Waals surface area contributed by atoms with Crippen molar-refractivity contribution in [2.45, 2.75) is 10.9 Å². The predicted molar refractivity (Wildman–Crippen MR) is 108 cm³/mol. The number of aromatic nitrogens is 6. The molecule has 1 saturated heterocycles. The van der Waals surface area contributed by atoms with Crippen LogP contribution in [0.2, 0.25) is 0 Å². The van der Waals surface area contributed by atoms with E-state index < -0.39 is 0 Å². The van der Waals surface area contributed by atoms with Crippen LogP contribution in [-0.4, -0.2) is 70.1 Å². The number of hydrogen-bond donors (Lipinski definition) is 0. The zero-order valence-corrected chi connectivity index (χ0v) is 16.7. The number of rotatable bonds is 6. The standard InChI is InChI=1S/C18H22N8OS/c1-24(2)15-20-16(25-8-10-27-11-9-25)22-17(21-15)26-13-19-18(23-26)28-12-14-6-4-3-5-7-14/h3-7,13H,8-12H2,1-2H3. The monoisotopic (exact) mass is 398 g/mol. The van der Waals surface area contributed by atoms with Crippen molar-refractivity contribution in [2.75, 3.05) is 50.2 Å². The lowest BCUT2D eigenvalue weighted by molar-refractivity contribution is 0.122. The third kappa shape index (κ3) is 4.39. The molecule has 0 unspecified atom stereocenters. The van der Waals surface area contributed by atoms with Crippen LogP contribution in [0.15, 0.2) is 41.8 Å². The molecule has 28 heavy (non-hydrogen) atoms. The Labute approximate surface area is 167 Å². The number of ether oxygens (including phenoxy) is 1. The molecule has 0 spiro atoms. The molecule has 3 aromatic rings. The summed E-state index contributed by atoms with van der Waals surface area (Å²) in [4.78, 5) is 22.1. The molecule has 0 saturated carbocycles. The summed E-state index contributed by atoms with van der Waals surface area (Å²) in [5, 5.41) is 5.22. The van der Waals surface area contributed by atoms with Crippen molar-refractivity contribution in [1.29, 1.82) is 0 Å². The quantitative estimate of drug-likeness (QED) is 0.575. The predicted octanol–water partition coefficient (Wildman–Crippen LogP) is 1.65. The highest BCUT2D eigenvalue weighted by molar-refractivity contribution is 7.98. The SMILES string of the molecule is CN(C)c1nc(N2CCOCC2)nc(-n2cnc(SCc3ccccc3)n2)n1. The van der Waals surface area contributed by atoms with E-state index in [1.807, 2.05) is 37.2 Å². The second-order valence-electron chi connectivity index (χ2n) is 6.48. The van der Waals surface area contributed by atoms with E-state index in [1.54, 1.807) is 22.8 Å². The highest BCUT2D eigenvalue weighted by Crippen LogP contribution is 2.20. The normalized spacial score (nSPS) is 14.3. The average Bonchev–Trinajstić information content (AvgIpc) is 3.22. The molecule has 0 aliphatic carbocycles. The smallest absolute Gasteiger partial charge is 0.258 e. The molecule has 1 fully saturated rings. The largest absolute Gasteiger partial charge is 0.378 e. The fourth-order valence-electron chi connectivity index (χ4n) is 2.68. The molecule has 10 heteroatoms. The minimum absolute atomic E-state index is 0.458. The van der Waals surface area contributed by atoms with E-state index in [4.69, 9.17) is 4.74 Å². The van der Waals surface area contributed by atoms with Gasteiger partial charge in [-0.15, -0.1) is 5.10 Å². The number of thioether (sulfide) groups is 1. The molecule has 0 bridgehead atoms. The van der Waals surface area contributed by atoms with Gasteiger partial charge >= 0.3 is 0 Å². The molecule has 146 valence electrons. The Bertz CT molecular complexity index is 911. The molecule has 3 heterocycles. The first-order valence-corrected chi connectivity index (χ1v) is 10.0. The third-order valence-electron chi connectivity index (χ3n) is 4.18. The molecule has 4 rings (SSSR count). The van der Waals surface area contributed by atoms with Gasteiger partial charge in [-0.25, -0.2) is 4.98 Å². The molecular weight excluding hydrogens is 376 g/mol. The summed E-state index contributed by atoms with van der Waals surface area (Å²) in [6.45, 7) is 2.85. The zero-order valence-electron chi connectivity index (χ0n) is 15.9. The Balaban J connectivity index is 1.56. The van der Waals surface area contributed by atoms with E-state index in [0.717, 1.165) is 18.8 Å². The molecule has 1 aliphatic heterocycles. The van der Waals surface area contributed by atoms with Gasteiger partial charge in [0.25, 0.3) is 5.95 Å². The number of anilines is 2. The second-order valence-corrected chi connectivity index (χ2v) is 7.42. The summed E-state index contributed by atoms with van der Waals surface area (Å²) in [7, 11) is 3.81. The van der Waals surface area contributed by atoms with E-state index in [9.17, 15) is 0 Å². The Morgan fingerprint density at radius 1 is 1.04 bits per heavy atom.